The van der Waals surface area contributed by atoms with Crippen LogP contribution < -0.4 is 10.6 Å². The van der Waals surface area contributed by atoms with Gasteiger partial charge in [-0.25, -0.2) is 0 Å². The van der Waals surface area contributed by atoms with E-state index < -0.39 is 0 Å². The van der Waals surface area contributed by atoms with Gasteiger partial charge in [-0.15, -0.1) is 12.4 Å². The van der Waals surface area contributed by atoms with Crippen LogP contribution in [0.1, 0.15) is 12.8 Å². The molecule has 2 N–H and O–H groups in total. The van der Waals surface area contributed by atoms with Gasteiger partial charge in [-0.2, -0.15) is 0 Å². The third kappa shape index (κ3) is 2.31. The molecular formula is C11H22ClN3. The van der Waals surface area contributed by atoms with Crippen molar-refractivity contribution < 1.29 is 0 Å². The summed E-state index contributed by atoms with van der Waals surface area (Å²) in [7, 11) is 0. The molecule has 0 amide bonds. The van der Waals surface area contributed by atoms with Crippen molar-refractivity contribution in [1.29, 1.82) is 0 Å². The van der Waals surface area contributed by atoms with Gasteiger partial charge in [0.15, 0.2) is 0 Å². The molecule has 3 aliphatic heterocycles. The number of nitrogens with zero attached hydrogens (tertiary/aromatic N) is 1. The third-order valence-electron chi connectivity index (χ3n) is 4.22. The summed E-state index contributed by atoms with van der Waals surface area (Å²) in [6.45, 7) is 7.70. The highest BCUT2D eigenvalue weighted by Gasteiger charge is 2.38. The maximum absolute atomic E-state index is 3.52. The van der Waals surface area contributed by atoms with E-state index in [2.05, 4.69) is 15.5 Å². The second-order valence-corrected chi connectivity index (χ2v) is 5.13. The second kappa shape index (κ2) is 5.00. The number of halogens is 1. The summed E-state index contributed by atoms with van der Waals surface area (Å²) in [5.74, 6) is 1.89. The van der Waals surface area contributed by atoms with Crippen molar-refractivity contribution in [3.05, 3.63) is 0 Å². The van der Waals surface area contributed by atoms with Crippen LogP contribution in [0.25, 0.3) is 0 Å². The van der Waals surface area contributed by atoms with E-state index in [0.717, 1.165) is 17.9 Å². The number of likely N-dealkylation sites (tertiary alicyclic amines) is 1. The third-order valence-corrected chi connectivity index (χ3v) is 4.22. The summed E-state index contributed by atoms with van der Waals surface area (Å²) in [6.07, 6.45) is 2.82. The molecule has 0 radical (unpaired) electrons. The van der Waals surface area contributed by atoms with E-state index in [-0.39, 0.29) is 12.4 Å². The van der Waals surface area contributed by atoms with Crippen LogP contribution in [0.3, 0.4) is 0 Å². The molecule has 0 aromatic rings. The standard InChI is InChI=1S/C11H21N3.ClH/c1-3-12-5-9(1)8-14-4-2-10-6-13-7-11(10)14;/h9-13H,1-8H2;1H/t9?,10-,11+;/m0./s1. The molecule has 3 rings (SSSR count). The molecule has 0 aromatic heterocycles. The zero-order chi connectivity index (χ0) is 9.38. The zero-order valence-electron chi connectivity index (χ0n) is 9.24. The molecule has 15 heavy (non-hydrogen) atoms. The molecule has 4 heteroatoms. The second-order valence-electron chi connectivity index (χ2n) is 5.13. The van der Waals surface area contributed by atoms with E-state index in [1.54, 1.807) is 0 Å². The van der Waals surface area contributed by atoms with E-state index in [1.807, 2.05) is 0 Å². The molecule has 3 atom stereocenters. The van der Waals surface area contributed by atoms with Gasteiger partial charge in [0.05, 0.1) is 0 Å². The van der Waals surface area contributed by atoms with E-state index in [1.165, 1.54) is 52.1 Å². The van der Waals surface area contributed by atoms with Gasteiger partial charge in [0, 0.05) is 19.1 Å². The number of rotatable bonds is 2. The van der Waals surface area contributed by atoms with Crippen LogP contribution in [0.5, 0.6) is 0 Å². The van der Waals surface area contributed by atoms with Gasteiger partial charge in [-0.3, -0.25) is 4.90 Å². The lowest BCUT2D eigenvalue weighted by atomic mass is 10.0. The summed E-state index contributed by atoms with van der Waals surface area (Å²) < 4.78 is 0. The average molecular weight is 232 g/mol. The van der Waals surface area contributed by atoms with E-state index in [4.69, 9.17) is 0 Å². The van der Waals surface area contributed by atoms with Gasteiger partial charge in [-0.05, 0) is 50.9 Å². The molecule has 88 valence electrons. The van der Waals surface area contributed by atoms with Crippen molar-refractivity contribution in [2.75, 3.05) is 39.3 Å². The first-order valence-corrected chi connectivity index (χ1v) is 6.09. The highest BCUT2D eigenvalue weighted by molar-refractivity contribution is 5.85. The normalized spacial score (nSPS) is 40.4. The fourth-order valence-corrected chi connectivity index (χ4v) is 3.37. The summed E-state index contributed by atoms with van der Waals surface area (Å²) in [5, 5.41) is 6.99. The monoisotopic (exact) mass is 231 g/mol. The summed E-state index contributed by atoms with van der Waals surface area (Å²) in [6, 6.07) is 0.871. The predicted octanol–water partition coefficient (Wildman–Crippen LogP) is 0.311. The minimum Gasteiger partial charge on any atom is -0.316 e. The Balaban J connectivity index is 0.000000853. The molecule has 3 fully saturated rings. The molecule has 0 aromatic carbocycles. The first-order valence-electron chi connectivity index (χ1n) is 6.09. The Morgan fingerprint density at radius 3 is 2.80 bits per heavy atom. The molecule has 3 nitrogen and oxygen atoms in total. The highest BCUT2D eigenvalue weighted by Crippen LogP contribution is 2.28. The Bertz CT molecular complexity index is 206. The van der Waals surface area contributed by atoms with Crippen LogP contribution in [-0.2, 0) is 0 Å². The Hall–Kier alpha value is 0.170. The van der Waals surface area contributed by atoms with Gasteiger partial charge in [0.2, 0.25) is 0 Å². The van der Waals surface area contributed by atoms with Crippen molar-refractivity contribution in [1.82, 2.24) is 15.5 Å². The number of hydrogen-bond acceptors (Lipinski definition) is 3. The summed E-state index contributed by atoms with van der Waals surface area (Å²) in [5.41, 5.74) is 0. The van der Waals surface area contributed by atoms with Gasteiger partial charge in [0.25, 0.3) is 0 Å². The number of hydrogen-bond donors (Lipinski definition) is 2. The van der Waals surface area contributed by atoms with Crippen molar-refractivity contribution in [3.8, 4) is 0 Å². The van der Waals surface area contributed by atoms with E-state index in [0.29, 0.717) is 0 Å². The first-order chi connectivity index (χ1) is 6.93. The molecule has 1 unspecified atom stereocenters. The highest BCUT2D eigenvalue weighted by atomic mass is 35.5. The fourth-order valence-electron chi connectivity index (χ4n) is 3.37. The van der Waals surface area contributed by atoms with E-state index >= 15 is 0 Å². The van der Waals surface area contributed by atoms with Gasteiger partial charge >= 0.3 is 0 Å². The van der Waals surface area contributed by atoms with Gasteiger partial charge < -0.3 is 10.6 Å². The van der Waals surface area contributed by atoms with Crippen LogP contribution in [0.4, 0.5) is 0 Å². The van der Waals surface area contributed by atoms with Crippen LogP contribution >= 0.6 is 12.4 Å². The summed E-state index contributed by atoms with van der Waals surface area (Å²) >= 11 is 0. The molecular weight excluding hydrogens is 210 g/mol. The van der Waals surface area contributed by atoms with Crippen LogP contribution in [0.15, 0.2) is 0 Å². The first kappa shape index (κ1) is 11.6. The fraction of sp³-hybridized carbons (Fsp3) is 1.00. The van der Waals surface area contributed by atoms with Crippen LogP contribution in [-0.4, -0.2) is 50.2 Å². The molecule has 0 saturated carbocycles. The Labute approximate surface area is 98.4 Å². The zero-order valence-corrected chi connectivity index (χ0v) is 10.1. The SMILES string of the molecule is C1CC(CN2CC[C@H]3CNC[C@H]32)CN1.Cl. The molecule has 3 heterocycles. The minimum absolute atomic E-state index is 0. The summed E-state index contributed by atoms with van der Waals surface area (Å²) in [4.78, 5) is 2.74. The Kier molecular flexibility index (Phi) is 3.88. The molecule has 0 spiro atoms. The maximum Gasteiger partial charge on any atom is 0.0261 e. The molecule has 3 aliphatic rings. The maximum atomic E-state index is 3.52. The minimum atomic E-state index is 0. The Morgan fingerprint density at radius 2 is 2.00 bits per heavy atom. The van der Waals surface area contributed by atoms with Gasteiger partial charge in [-0.1, -0.05) is 0 Å². The molecule has 3 saturated heterocycles. The van der Waals surface area contributed by atoms with Crippen molar-refractivity contribution >= 4 is 12.4 Å². The lowest BCUT2D eigenvalue weighted by Gasteiger charge is -2.25. The smallest absolute Gasteiger partial charge is 0.0261 e. The quantitative estimate of drug-likeness (QED) is 0.717. The number of nitrogens with one attached hydrogen (secondary N) is 2. The Morgan fingerprint density at radius 1 is 1.07 bits per heavy atom. The molecule has 0 bridgehead atoms. The molecule has 0 aliphatic carbocycles. The van der Waals surface area contributed by atoms with Crippen molar-refractivity contribution in [2.45, 2.75) is 18.9 Å². The van der Waals surface area contributed by atoms with Crippen LogP contribution in [0.2, 0.25) is 0 Å². The van der Waals surface area contributed by atoms with Gasteiger partial charge in [0.1, 0.15) is 0 Å². The lowest BCUT2D eigenvalue weighted by Crippen LogP contribution is -2.38. The average Bonchev–Trinajstić information content (AvgIpc) is 2.85. The van der Waals surface area contributed by atoms with Crippen molar-refractivity contribution in [3.63, 3.8) is 0 Å². The predicted molar refractivity (Wildman–Crippen MR) is 64.6 cm³/mol. The topological polar surface area (TPSA) is 27.3 Å². The van der Waals surface area contributed by atoms with Crippen LogP contribution in [0, 0.1) is 11.8 Å². The largest absolute Gasteiger partial charge is 0.316 e. The van der Waals surface area contributed by atoms with E-state index in [9.17, 15) is 0 Å². The number of fused-ring (bicyclic) bond motifs is 1. The lowest BCUT2D eigenvalue weighted by molar-refractivity contribution is 0.219. The van der Waals surface area contributed by atoms with Crippen molar-refractivity contribution in [2.24, 2.45) is 11.8 Å².